The molecule has 0 radical (unpaired) electrons. The summed E-state index contributed by atoms with van der Waals surface area (Å²) in [5.74, 6) is -1.15. The van der Waals surface area contributed by atoms with E-state index in [0.717, 1.165) is 10.7 Å². The third-order valence-corrected chi connectivity index (χ3v) is 5.65. The minimum atomic E-state index is -3.64. The van der Waals surface area contributed by atoms with Crippen LogP contribution in [-0.4, -0.2) is 43.9 Å². The first-order valence-electron chi connectivity index (χ1n) is 6.62. The van der Waals surface area contributed by atoms with E-state index in [2.05, 4.69) is 19.2 Å². The molecule has 1 saturated carbocycles. The van der Waals surface area contributed by atoms with Crippen molar-refractivity contribution in [3.63, 3.8) is 0 Å². The molecule has 6 nitrogen and oxygen atoms in total. The summed E-state index contributed by atoms with van der Waals surface area (Å²) in [4.78, 5) is 11.4. The third-order valence-electron chi connectivity index (χ3n) is 3.84. The fraction of sp³-hybridized carbons (Fsp3) is 0.500. The molecule has 0 spiro atoms. The normalized spacial score (nSPS) is 20.3. The van der Waals surface area contributed by atoms with Gasteiger partial charge in [0, 0.05) is 25.8 Å². The van der Waals surface area contributed by atoms with E-state index in [-0.39, 0.29) is 21.9 Å². The molecule has 0 saturated heterocycles. The van der Waals surface area contributed by atoms with Gasteiger partial charge in [-0.3, -0.25) is 0 Å². The van der Waals surface area contributed by atoms with Crippen molar-refractivity contribution in [3.8, 4) is 0 Å². The second kappa shape index (κ2) is 4.99. The molecular weight excluding hydrogens is 292 g/mol. The van der Waals surface area contributed by atoms with Crippen LogP contribution in [0.25, 0.3) is 0 Å². The zero-order chi connectivity index (χ0) is 16.0. The lowest BCUT2D eigenvalue weighted by Gasteiger charge is -2.15. The van der Waals surface area contributed by atoms with Crippen LogP contribution in [0.1, 0.15) is 30.6 Å². The summed E-state index contributed by atoms with van der Waals surface area (Å²) in [5.41, 5.74) is 0.570. The summed E-state index contributed by atoms with van der Waals surface area (Å²) in [6, 6.07) is 4.37. The van der Waals surface area contributed by atoms with Crippen molar-refractivity contribution in [1.82, 2.24) is 4.31 Å². The van der Waals surface area contributed by atoms with Crippen LogP contribution in [0.4, 0.5) is 5.69 Å². The van der Waals surface area contributed by atoms with Gasteiger partial charge in [-0.1, -0.05) is 13.8 Å². The lowest BCUT2D eigenvalue weighted by atomic mass is 10.1. The predicted octanol–water partition coefficient (Wildman–Crippen LogP) is 1.85. The molecule has 1 aliphatic rings. The molecule has 2 N–H and O–H groups in total. The summed E-state index contributed by atoms with van der Waals surface area (Å²) < 4.78 is 25.2. The first-order valence-corrected chi connectivity index (χ1v) is 8.06. The highest BCUT2D eigenvalue weighted by atomic mass is 32.2. The Morgan fingerprint density at radius 1 is 1.38 bits per heavy atom. The predicted molar refractivity (Wildman–Crippen MR) is 80.1 cm³/mol. The molecule has 0 aliphatic heterocycles. The molecule has 2 rings (SSSR count). The maximum absolute atomic E-state index is 12.1. The quantitative estimate of drug-likeness (QED) is 0.866. The number of anilines is 1. The fourth-order valence-corrected chi connectivity index (χ4v) is 3.03. The second-order valence-electron chi connectivity index (χ2n) is 6.19. The minimum absolute atomic E-state index is 0.0227. The van der Waals surface area contributed by atoms with Crippen molar-refractivity contribution >= 4 is 21.7 Å². The van der Waals surface area contributed by atoms with Crippen molar-refractivity contribution < 1.29 is 18.3 Å². The molecule has 1 unspecified atom stereocenters. The van der Waals surface area contributed by atoms with Crippen molar-refractivity contribution in [1.29, 1.82) is 0 Å². The van der Waals surface area contributed by atoms with Crippen LogP contribution in [0.15, 0.2) is 23.1 Å². The molecule has 0 bridgehead atoms. The van der Waals surface area contributed by atoms with Crippen LogP contribution in [-0.2, 0) is 10.0 Å². The number of nitrogens with one attached hydrogen (secondary N) is 1. The molecule has 0 heterocycles. The molecule has 1 aromatic carbocycles. The average molecular weight is 312 g/mol. The van der Waals surface area contributed by atoms with Gasteiger partial charge >= 0.3 is 5.97 Å². The summed E-state index contributed by atoms with van der Waals surface area (Å²) >= 11 is 0. The third kappa shape index (κ3) is 3.03. The van der Waals surface area contributed by atoms with Crippen molar-refractivity contribution in [3.05, 3.63) is 23.8 Å². The zero-order valence-electron chi connectivity index (χ0n) is 12.5. The van der Waals surface area contributed by atoms with Gasteiger partial charge in [0.25, 0.3) is 0 Å². The van der Waals surface area contributed by atoms with E-state index in [9.17, 15) is 18.3 Å². The van der Waals surface area contributed by atoms with E-state index in [0.29, 0.717) is 5.69 Å². The Hall–Kier alpha value is -1.60. The second-order valence-corrected chi connectivity index (χ2v) is 8.34. The van der Waals surface area contributed by atoms with Crippen LogP contribution in [0.5, 0.6) is 0 Å². The van der Waals surface area contributed by atoms with Gasteiger partial charge in [0.15, 0.2) is 0 Å². The molecule has 0 aromatic heterocycles. The standard InChI is InChI=1S/C14H20N2O4S/c1-14(2)8-12(14)15-11-6-5-9(7-10(11)13(17)18)21(19,20)16(3)4/h5-7,12,15H,8H2,1-4H3,(H,17,18). The van der Waals surface area contributed by atoms with E-state index < -0.39 is 16.0 Å². The number of rotatable bonds is 5. The highest BCUT2D eigenvalue weighted by molar-refractivity contribution is 7.89. The lowest BCUT2D eigenvalue weighted by molar-refractivity contribution is 0.0697. The molecule has 116 valence electrons. The highest BCUT2D eigenvalue weighted by Crippen LogP contribution is 2.46. The van der Waals surface area contributed by atoms with Gasteiger partial charge in [-0.05, 0) is 30.0 Å². The van der Waals surface area contributed by atoms with Gasteiger partial charge in [-0.25, -0.2) is 17.5 Å². The summed E-state index contributed by atoms with van der Waals surface area (Å²) in [6.45, 7) is 4.19. The van der Waals surface area contributed by atoms with Gasteiger partial charge in [-0.2, -0.15) is 0 Å². The summed E-state index contributed by atoms with van der Waals surface area (Å²) in [5, 5.41) is 12.5. The van der Waals surface area contributed by atoms with Crippen molar-refractivity contribution in [2.75, 3.05) is 19.4 Å². The first kappa shape index (κ1) is 15.8. The molecule has 1 fully saturated rings. The molecule has 21 heavy (non-hydrogen) atoms. The molecule has 7 heteroatoms. The van der Waals surface area contributed by atoms with Gasteiger partial charge in [-0.15, -0.1) is 0 Å². The average Bonchev–Trinajstić information content (AvgIpc) is 2.96. The zero-order valence-corrected chi connectivity index (χ0v) is 13.4. The van der Waals surface area contributed by atoms with Crippen molar-refractivity contribution in [2.24, 2.45) is 5.41 Å². The highest BCUT2D eigenvalue weighted by Gasteiger charge is 2.46. The van der Waals surface area contributed by atoms with E-state index in [4.69, 9.17) is 0 Å². The van der Waals surface area contributed by atoms with E-state index >= 15 is 0 Å². The SMILES string of the molecule is CN(C)S(=O)(=O)c1ccc(NC2CC2(C)C)c(C(=O)O)c1. The van der Waals surface area contributed by atoms with Gasteiger partial charge < -0.3 is 10.4 Å². The van der Waals surface area contributed by atoms with Crippen LogP contribution in [0.2, 0.25) is 0 Å². The molecule has 1 aromatic rings. The number of hydrogen-bond acceptors (Lipinski definition) is 4. The Labute approximate surface area is 124 Å². The van der Waals surface area contributed by atoms with Gasteiger partial charge in [0.2, 0.25) is 10.0 Å². The summed E-state index contributed by atoms with van der Waals surface area (Å²) in [7, 11) is -0.820. The fourth-order valence-electron chi connectivity index (χ4n) is 2.10. The van der Waals surface area contributed by atoms with Crippen LogP contribution in [0.3, 0.4) is 0 Å². The maximum atomic E-state index is 12.1. The molecular formula is C14H20N2O4S. The lowest BCUT2D eigenvalue weighted by Crippen LogP contribution is -2.23. The van der Waals surface area contributed by atoms with Crippen LogP contribution in [0, 0.1) is 5.41 Å². The number of carboxylic acids is 1. The monoisotopic (exact) mass is 312 g/mol. The Bertz CT molecular complexity index is 680. The van der Waals surface area contributed by atoms with E-state index in [1.165, 1.54) is 32.3 Å². The van der Waals surface area contributed by atoms with Crippen molar-refractivity contribution in [2.45, 2.75) is 31.2 Å². The smallest absolute Gasteiger partial charge is 0.337 e. The number of nitrogens with zero attached hydrogens (tertiary/aromatic N) is 1. The Kier molecular flexibility index (Phi) is 3.75. The molecule has 0 amide bonds. The number of hydrogen-bond donors (Lipinski definition) is 2. The molecule has 1 aliphatic carbocycles. The number of carboxylic acid groups (broad SMARTS) is 1. The number of aromatic carboxylic acids is 1. The van der Waals surface area contributed by atoms with Gasteiger partial charge in [0.05, 0.1) is 10.5 Å². The maximum Gasteiger partial charge on any atom is 0.337 e. The Morgan fingerprint density at radius 2 is 1.95 bits per heavy atom. The summed E-state index contributed by atoms with van der Waals surface area (Å²) in [6.07, 6.45) is 0.962. The van der Waals surface area contributed by atoms with Gasteiger partial charge in [0.1, 0.15) is 0 Å². The minimum Gasteiger partial charge on any atom is -0.478 e. The van der Waals surface area contributed by atoms with Crippen LogP contribution < -0.4 is 5.32 Å². The van der Waals surface area contributed by atoms with Crippen LogP contribution >= 0.6 is 0 Å². The Morgan fingerprint density at radius 3 is 2.38 bits per heavy atom. The number of carbonyl (C=O) groups is 1. The first-order chi connectivity index (χ1) is 9.55. The number of sulfonamides is 1. The largest absolute Gasteiger partial charge is 0.478 e. The Balaban J connectivity index is 2.39. The molecule has 1 atom stereocenters. The van der Waals surface area contributed by atoms with E-state index in [1.807, 2.05) is 0 Å². The number of benzene rings is 1. The topological polar surface area (TPSA) is 86.7 Å². The van der Waals surface area contributed by atoms with E-state index in [1.54, 1.807) is 0 Å².